The molecule has 5 heteroatoms. The van der Waals surface area contributed by atoms with E-state index < -0.39 is 5.76 Å². The second-order valence-corrected chi connectivity index (χ2v) is 5.53. The van der Waals surface area contributed by atoms with Crippen LogP contribution < -0.4 is 11.5 Å². The monoisotopic (exact) mass is 276 g/mol. The summed E-state index contributed by atoms with van der Waals surface area (Å²) < 4.78 is 10.6. The van der Waals surface area contributed by atoms with Crippen molar-refractivity contribution in [3.63, 3.8) is 0 Å². The van der Waals surface area contributed by atoms with Gasteiger partial charge in [-0.3, -0.25) is 4.98 Å². The lowest BCUT2D eigenvalue weighted by molar-refractivity contribution is -0.0282. The minimum Gasteiger partial charge on any atom is -0.408 e. The highest BCUT2D eigenvalue weighted by Crippen LogP contribution is 2.36. The molecule has 1 unspecified atom stereocenters. The summed E-state index contributed by atoms with van der Waals surface area (Å²) in [5.41, 5.74) is 8.55. The third kappa shape index (κ3) is 2.64. The molecule has 1 heterocycles. The Morgan fingerprint density at radius 1 is 1.50 bits per heavy atom. The van der Waals surface area contributed by atoms with Crippen LogP contribution in [0.5, 0.6) is 0 Å². The van der Waals surface area contributed by atoms with Gasteiger partial charge in [0.1, 0.15) is 0 Å². The number of nitrogens with one attached hydrogen (secondary N) is 1. The van der Waals surface area contributed by atoms with Gasteiger partial charge in [0.15, 0.2) is 5.58 Å². The molecule has 3 rings (SSSR count). The summed E-state index contributed by atoms with van der Waals surface area (Å²) in [6.45, 7) is 2.81. The van der Waals surface area contributed by atoms with E-state index in [0.29, 0.717) is 23.1 Å². The molecule has 1 saturated carbocycles. The third-order valence-electron chi connectivity index (χ3n) is 4.06. The summed E-state index contributed by atoms with van der Waals surface area (Å²) in [6, 6.07) is 5.64. The maximum atomic E-state index is 11.1. The number of hydrogen-bond acceptors (Lipinski definition) is 4. The Morgan fingerprint density at radius 3 is 3.05 bits per heavy atom. The van der Waals surface area contributed by atoms with Crippen molar-refractivity contribution in [2.45, 2.75) is 38.3 Å². The van der Waals surface area contributed by atoms with Crippen LogP contribution in [0.2, 0.25) is 0 Å². The number of aromatic nitrogens is 1. The molecule has 0 radical (unpaired) electrons. The lowest BCUT2D eigenvalue weighted by Crippen LogP contribution is -2.33. The quantitative estimate of drug-likeness (QED) is 0.878. The summed E-state index contributed by atoms with van der Waals surface area (Å²) in [5, 5.41) is 0. The number of nitrogens with two attached hydrogens (primary N) is 1. The molecule has 1 aliphatic rings. The van der Waals surface area contributed by atoms with Gasteiger partial charge in [0.25, 0.3) is 0 Å². The van der Waals surface area contributed by atoms with Crippen LogP contribution in [-0.2, 0) is 4.74 Å². The van der Waals surface area contributed by atoms with Crippen LogP contribution in [0, 0.1) is 5.92 Å². The Balaban J connectivity index is 1.64. The fourth-order valence-corrected chi connectivity index (χ4v) is 2.93. The van der Waals surface area contributed by atoms with Gasteiger partial charge in [-0.15, -0.1) is 0 Å². The number of ether oxygens (including phenoxy) is 1. The standard InChI is InChI=1S/C15H20N2O3/c1-2-19-11-5-9(6-11)7-12(16)10-3-4-13-14(8-10)20-15(18)17-13/h3-4,8-9,11-12H,2,5-7,16H2,1H3,(H,17,18). The number of fused-ring (bicyclic) bond motifs is 1. The zero-order chi connectivity index (χ0) is 14.1. The molecule has 0 aliphatic heterocycles. The summed E-state index contributed by atoms with van der Waals surface area (Å²) in [5.74, 6) is 0.208. The van der Waals surface area contributed by atoms with Crippen molar-refractivity contribution in [2.24, 2.45) is 11.7 Å². The molecule has 5 nitrogen and oxygen atoms in total. The van der Waals surface area contributed by atoms with Gasteiger partial charge in [-0.1, -0.05) is 6.07 Å². The Hall–Kier alpha value is -1.59. The zero-order valence-electron chi connectivity index (χ0n) is 11.6. The highest BCUT2D eigenvalue weighted by Gasteiger charge is 2.30. The largest absolute Gasteiger partial charge is 0.417 e. The summed E-state index contributed by atoms with van der Waals surface area (Å²) in [6.07, 6.45) is 3.57. The summed E-state index contributed by atoms with van der Waals surface area (Å²) in [4.78, 5) is 13.8. The van der Waals surface area contributed by atoms with E-state index in [1.165, 1.54) is 0 Å². The molecular formula is C15H20N2O3. The van der Waals surface area contributed by atoms with E-state index in [4.69, 9.17) is 14.9 Å². The number of rotatable bonds is 5. The highest BCUT2D eigenvalue weighted by molar-refractivity contribution is 5.72. The molecule has 0 saturated heterocycles. The second kappa shape index (κ2) is 5.42. The predicted octanol–water partition coefficient (Wildman–Crippen LogP) is 2.33. The Bertz CT molecular complexity index is 640. The average molecular weight is 276 g/mol. The molecular weight excluding hydrogens is 256 g/mol. The SMILES string of the molecule is CCOC1CC(CC(N)c2ccc3[nH]c(=O)oc3c2)C1. The normalized spacial score (nSPS) is 23.7. The van der Waals surface area contributed by atoms with Crippen LogP contribution in [0.15, 0.2) is 27.4 Å². The molecule has 1 fully saturated rings. The van der Waals surface area contributed by atoms with E-state index >= 15 is 0 Å². The van der Waals surface area contributed by atoms with Gasteiger partial charge in [0, 0.05) is 12.6 Å². The van der Waals surface area contributed by atoms with Crippen LogP contribution in [0.3, 0.4) is 0 Å². The van der Waals surface area contributed by atoms with Gasteiger partial charge >= 0.3 is 5.76 Å². The van der Waals surface area contributed by atoms with Crippen LogP contribution in [0.25, 0.3) is 11.1 Å². The fraction of sp³-hybridized carbons (Fsp3) is 0.533. The molecule has 108 valence electrons. The predicted molar refractivity (Wildman–Crippen MR) is 76.5 cm³/mol. The second-order valence-electron chi connectivity index (χ2n) is 5.53. The minimum absolute atomic E-state index is 0.0211. The maximum absolute atomic E-state index is 11.1. The van der Waals surface area contributed by atoms with Gasteiger partial charge < -0.3 is 14.9 Å². The van der Waals surface area contributed by atoms with Crippen molar-refractivity contribution in [2.75, 3.05) is 6.61 Å². The summed E-state index contributed by atoms with van der Waals surface area (Å²) in [7, 11) is 0. The van der Waals surface area contributed by atoms with Crippen molar-refractivity contribution in [3.05, 3.63) is 34.3 Å². The molecule has 0 spiro atoms. The molecule has 1 atom stereocenters. The van der Waals surface area contributed by atoms with Gasteiger partial charge in [-0.05, 0) is 49.8 Å². The fourth-order valence-electron chi connectivity index (χ4n) is 2.93. The first-order chi connectivity index (χ1) is 9.65. The first-order valence-electron chi connectivity index (χ1n) is 7.15. The lowest BCUT2D eigenvalue weighted by Gasteiger charge is -2.36. The van der Waals surface area contributed by atoms with E-state index in [1.807, 2.05) is 25.1 Å². The van der Waals surface area contributed by atoms with Gasteiger partial charge in [0.2, 0.25) is 0 Å². The highest BCUT2D eigenvalue weighted by atomic mass is 16.5. The van der Waals surface area contributed by atoms with Crippen LogP contribution >= 0.6 is 0 Å². The van der Waals surface area contributed by atoms with Crippen molar-refractivity contribution in [1.29, 1.82) is 0 Å². The zero-order valence-corrected chi connectivity index (χ0v) is 11.6. The molecule has 2 aromatic rings. The minimum atomic E-state index is -0.427. The van der Waals surface area contributed by atoms with Crippen molar-refractivity contribution >= 4 is 11.1 Å². The number of H-pyrrole nitrogens is 1. The maximum Gasteiger partial charge on any atom is 0.417 e. The Morgan fingerprint density at radius 2 is 2.30 bits per heavy atom. The van der Waals surface area contributed by atoms with E-state index in [0.717, 1.165) is 31.4 Å². The molecule has 0 bridgehead atoms. The van der Waals surface area contributed by atoms with Gasteiger partial charge in [-0.2, -0.15) is 0 Å². The number of aromatic amines is 1. The molecule has 20 heavy (non-hydrogen) atoms. The Kier molecular flexibility index (Phi) is 3.63. The Labute approximate surface area is 117 Å². The van der Waals surface area contributed by atoms with Gasteiger partial charge in [0.05, 0.1) is 11.6 Å². The van der Waals surface area contributed by atoms with Crippen LogP contribution in [0.1, 0.15) is 37.8 Å². The molecule has 1 aliphatic carbocycles. The van der Waals surface area contributed by atoms with Gasteiger partial charge in [-0.25, -0.2) is 4.79 Å². The number of oxazole rings is 1. The van der Waals surface area contributed by atoms with E-state index in [9.17, 15) is 4.79 Å². The molecule has 1 aromatic heterocycles. The molecule has 3 N–H and O–H groups in total. The van der Waals surface area contributed by atoms with E-state index in [2.05, 4.69) is 4.98 Å². The third-order valence-corrected chi connectivity index (χ3v) is 4.06. The number of benzene rings is 1. The van der Waals surface area contributed by atoms with Crippen LogP contribution in [0.4, 0.5) is 0 Å². The smallest absolute Gasteiger partial charge is 0.408 e. The molecule has 1 aromatic carbocycles. The lowest BCUT2D eigenvalue weighted by atomic mass is 9.77. The molecule has 0 amide bonds. The van der Waals surface area contributed by atoms with Crippen molar-refractivity contribution in [3.8, 4) is 0 Å². The summed E-state index contributed by atoms with van der Waals surface area (Å²) >= 11 is 0. The van der Waals surface area contributed by atoms with Crippen LogP contribution in [-0.4, -0.2) is 17.7 Å². The van der Waals surface area contributed by atoms with E-state index in [1.54, 1.807) is 0 Å². The topological polar surface area (TPSA) is 81.2 Å². The first kappa shape index (κ1) is 13.4. The number of hydrogen-bond donors (Lipinski definition) is 2. The van der Waals surface area contributed by atoms with E-state index in [-0.39, 0.29) is 6.04 Å². The van der Waals surface area contributed by atoms with Crippen molar-refractivity contribution < 1.29 is 9.15 Å². The average Bonchev–Trinajstić information content (AvgIpc) is 2.75. The first-order valence-corrected chi connectivity index (χ1v) is 7.15. The van der Waals surface area contributed by atoms with Crippen molar-refractivity contribution in [1.82, 2.24) is 4.98 Å².